The van der Waals surface area contributed by atoms with Gasteiger partial charge in [-0.3, -0.25) is 9.80 Å². The van der Waals surface area contributed by atoms with E-state index in [0.29, 0.717) is 5.69 Å². The smallest absolute Gasteiger partial charge is 0.292 e. The molecule has 0 saturated heterocycles. The third-order valence-corrected chi connectivity index (χ3v) is 5.23. The minimum Gasteiger partial charge on any atom is -0.292 e. The molecule has 0 aliphatic carbocycles. The summed E-state index contributed by atoms with van der Waals surface area (Å²) in [6.07, 6.45) is -4.60. The van der Waals surface area contributed by atoms with Crippen LogP contribution in [0.5, 0.6) is 0 Å². The number of nitrogens with zero attached hydrogens (tertiary/aromatic N) is 3. The van der Waals surface area contributed by atoms with Crippen LogP contribution in [0, 0.1) is 0 Å². The zero-order chi connectivity index (χ0) is 22.9. The molecular formula is C24H20F3N3O2. The first kappa shape index (κ1) is 21.4. The largest absolute Gasteiger partial charge is 0.416 e. The average molecular weight is 439 g/mol. The molecule has 0 radical (unpaired) electrons. The minimum atomic E-state index is -4.60. The van der Waals surface area contributed by atoms with Crippen molar-refractivity contribution in [2.45, 2.75) is 19.6 Å². The lowest BCUT2D eigenvalue weighted by atomic mass is 10.1. The van der Waals surface area contributed by atoms with Gasteiger partial charge in [0.2, 0.25) is 0 Å². The maximum absolute atomic E-state index is 13.7. The number of benzene rings is 3. The normalized spacial score (nSPS) is 14.4. The van der Waals surface area contributed by atoms with E-state index in [1.807, 2.05) is 6.07 Å². The van der Waals surface area contributed by atoms with Crippen molar-refractivity contribution < 1.29 is 22.8 Å². The van der Waals surface area contributed by atoms with Gasteiger partial charge in [-0.1, -0.05) is 48.5 Å². The van der Waals surface area contributed by atoms with Gasteiger partial charge >= 0.3 is 18.2 Å². The maximum Gasteiger partial charge on any atom is 0.416 e. The monoisotopic (exact) mass is 439 g/mol. The van der Waals surface area contributed by atoms with Crippen molar-refractivity contribution in [3.05, 3.63) is 90.0 Å². The molecule has 0 N–H and O–H groups in total. The Kier molecular flexibility index (Phi) is 5.61. The molecule has 1 heterocycles. The van der Waals surface area contributed by atoms with Crippen LogP contribution in [-0.2, 0) is 12.7 Å². The van der Waals surface area contributed by atoms with E-state index < -0.39 is 23.8 Å². The average Bonchev–Trinajstić information content (AvgIpc) is 2.87. The van der Waals surface area contributed by atoms with Crippen molar-refractivity contribution in [2.24, 2.45) is 0 Å². The number of alkyl halides is 3. The number of imide groups is 1. The molecule has 0 saturated carbocycles. The van der Waals surface area contributed by atoms with E-state index >= 15 is 0 Å². The Morgan fingerprint density at radius 3 is 1.97 bits per heavy atom. The second kappa shape index (κ2) is 8.37. The second-order valence-corrected chi connectivity index (χ2v) is 7.25. The Balaban J connectivity index is 1.92. The molecule has 4 amide bonds. The summed E-state index contributed by atoms with van der Waals surface area (Å²) in [6, 6.07) is 19.1. The number of carbonyl (C=O) groups is 2. The van der Waals surface area contributed by atoms with Gasteiger partial charge in [0.15, 0.2) is 0 Å². The van der Waals surface area contributed by atoms with Crippen molar-refractivity contribution >= 4 is 29.1 Å². The van der Waals surface area contributed by atoms with Crippen LogP contribution in [0.4, 0.5) is 39.8 Å². The Morgan fingerprint density at radius 2 is 1.38 bits per heavy atom. The second-order valence-electron chi connectivity index (χ2n) is 7.25. The van der Waals surface area contributed by atoms with Crippen molar-refractivity contribution in [1.82, 2.24) is 4.90 Å². The molecule has 3 aromatic carbocycles. The third kappa shape index (κ3) is 3.91. The SMILES string of the molecule is CCN1C(=O)N(Cc2ccccc2)C(=O)N(c2ccccc2)c2cc(C(F)(F)F)ccc21. The van der Waals surface area contributed by atoms with Gasteiger partial charge in [-0.15, -0.1) is 0 Å². The summed E-state index contributed by atoms with van der Waals surface area (Å²) >= 11 is 0. The molecule has 0 bridgehead atoms. The summed E-state index contributed by atoms with van der Waals surface area (Å²) in [5.74, 6) is 0. The Hall–Kier alpha value is -3.81. The number of fused-ring (bicyclic) bond motifs is 1. The zero-order valence-corrected chi connectivity index (χ0v) is 17.2. The predicted octanol–water partition coefficient (Wildman–Crippen LogP) is 6.43. The van der Waals surface area contributed by atoms with E-state index in [1.54, 1.807) is 61.5 Å². The highest BCUT2D eigenvalue weighted by atomic mass is 19.4. The molecule has 0 unspecified atom stereocenters. The summed E-state index contributed by atoms with van der Waals surface area (Å²) in [6.45, 7) is 1.87. The summed E-state index contributed by atoms with van der Waals surface area (Å²) < 4.78 is 40.5. The highest BCUT2D eigenvalue weighted by Gasteiger charge is 2.40. The lowest BCUT2D eigenvalue weighted by molar-refractivity contribution is -0.137. The molecular weight excluding hydrogens is 419 g/mol. The van der Waals surface area contributed by atoms with Crippen LogP contribution in [0.15, 0.2) is 78.9 Å². The summed E-state index contributed by atoms with van der Waals surface area (Å²) in [4.78, 5) is 30.6. The van der Waals surface area contributed by atoms with E-state index in [-0.39, 0.29) is 24.5 Å². The van der Waals surface area contributed by atoms with Gasteiger partial charge < -0.3 is 0 Å². The lowest BCUT2D eigenvalue weighted by Gasteiger charge is -2.27. The number of hydrogen-bond acceptors (Lipinski definition) is 2. The van der Waals surface area contributed by atoms with Gasteiger partial charge in [-0.25, -0.2) is 14.5 Å². The summed E-state index contributed by atoms with van der Waals surface area (Å²) in [7, 11) is 0. The number of para-hydroxylation sites is 1. The van der Waals surface area contributed by atoms with Crippen molar-refractivity contribution in [1.29, 1.82) is 0 Å². The molecule has 32 heavy (non-hydrogen) atoms. The summed E-state index contributed by atoms with van der Waals surface area (Å²) in [5.41, 5.74) is 0.423. The molecule has 1 aliphatic heterocycles. The first-order valence-electron chi connectivity index (χ1n) is 10.0. The minimum absolute atomic E-state index is 0.00165. The van der Waals surface area contributed by atoms with Crippen LogP contribution in [0.1, 0.15) is 18.1 Å². The number of halogens is 3. The molecule has 0 atom stereocenters. The number of urea groups is 2. The van der Waals surface area contributed by atoms with Crippen LogP contribution >= 0.6 is 0 Å². The zero-order valence-electron chi connectivity index (χ0n) is 17.2. The molecule has 0 fully saturated rings. The van der Waals surface area contributed by atoms with E-state index in [1.165, 1.54) is 15.9 Å². The van der Waals surface area contributed by atoms with E-state index in [4.69, 9.17) is 0 Å². The fourth-order valence-electron chi connectivity index (χ4n) is 3.69. The predicted molar refractivity (Wildman–Crippen MR) is 116 cm³/mol. The Bertz CT molecular complexity index is 1130. The first-order valence-corrected chi connectivity index (χ1v) is 10.0. The van der Waals surface area contributed by atoms with E-state index in [0.717, 1.165) is 22.6 Å². The highest BCUT2D eigenvalue weighted by Crippen LogP contribution is 2.42. The molecule has 0 spiro atoms. The van der Waals surface area contributed by atoms with Gasteiger partial charge in [-0.05, 0) is 42.8 Å². The van der Waals surface area contributed by atoms with Crippen molar-refractivity contribution in [3.63, 3.8) is 0 Å². The third-order valence-electron chi connectivity index (χ3n) is 5.23. The summed E-state index contributed by atoms with van der Waals surface area (Å²) in [5, 5.41) is 0. The number of anilines is 3. The van der Waals surface area contributed by atoms with Crippen LogP contribution in [0.25, 0.3) is 0 Å². The van der Waals surface area contributed by atoms with Crippen molar-refractivity contribution in [2.75, 3.05) is 16.3 Å². The lowest BCUT2D eigenvalue weighted by Crippen LogP contribution is -2.47. The maximum atomic E-state index is 13.7. The topological polar surface area (TPSA) is 43.9 Å². The number of rotatable bonds is 4. The van der Waals surface area contributed by atoms with Crippen molar-refractivity contribution in [3.8, 4) is 0 Å². The number of amides is 4. The van der Waals surface area contributed by atoms with Crippen LogP contribution in [0.2, 0.25) is 0 Å². The number of carbonyl (C=O) groups excluding carboxylic acids is 2. The van der Waals surface area contributed by atoms with Gasteiger partial charge in [-0.2, -0.15) is 13.2 Å². The van der Waals surface area contributed by atoms with Gasteiger partial charge in [0, 0.05) is 6.54 Å². The standard InChI is InChI=1S/C24H20F3N3O2/c1-2-28-20-14-13-18(24(25,26)27)15-21(20)30(19-11-7-4-8-12-19)23(32)29(22(28)31)16-17-9-5-3-6-10-17/h3-15H,2,16H2,1H3. The number of hydrogen-bond donors (Lipinski definition) is 0. The van der Waals surface area contributed by atoms with Crippen LogP contribution in [-0.4, -0.2) is 23.5 Å². The highest BCUT2D eigenvalue weighted by molar-refractivity contribution is 6.16. The quantitative estimate of drug-likeness (QED) is 0.471. The molecule has 4 rings (SSSR count). The Morgan fingerprint density at radius 1 is 0.750 bits per heavy atom. The fraction of sp³-hybridized carbons (Fsp3) is 0.167. The first-order chi connectivity index (χ1) is 15.3. The molecule has 5 nitrogen and oxygen atoms in total. The van der Waals surface area contributed by atoms with E-state index in [9.17, 15) is 22.8 Å². The Labute approximate surface area is 183 Å². The van der Waals surface area contributed by atoms with Gasteiger partial charge in [0.1, 0.15) is 0 Å². The van der Waals surface area contributed by atoms with E-state index in [2.05, 4.69) is 0 Å². The molecule has 8 heteroatoms. The van der Waals surface area contributed by atoms with Gasteiger partial charge in [0.05, 0.1) is 29.2 Å². The molecule has 1 aliphatic rings. The fourth-order valence-corrected chi connectivity index (χ4v) is 3.69. The molecule has 3 aromatic rings. The van der Waals surface area contributed by atoms with Crippen LogP contribution < -0.4 is 9.80 Å². The van der Waals surface area contributed by atoms with Gasteiger partial charge in [0.25, 0.3) is 0 Å². The molecule has 0 aromatic heterocycles. The van der Waals surface area contributed by atoms with Crippen LogP contribution in [0.3, 0.4) is 0 Å². The molecule has 164 valence electrons.